The molecule has 188 valence electrons. The third-order valence-corrected chi connectivity index (χ3v) is 6.19. The molecule has 5 nitrogen and oxygen atoms in total. The van der Waals surface area contributed by atoms with Crippen molar-refractivity contribution in [1.82, 2.24) is 0 Å². The highest BCUT2D eigenvalue weighted by atomic mass is 16.6. The molecule has 0 N–H and O–H groups in total. The van der Waals surface area contributed by atoms with Gasteiger partial charge in [0.25, 0.3) is 0 Å². The van der Waals surface area contributed by atoms with E-state index in [0.717, 1.165) is 37.1 Å². The molecule has 0 aromatic heterocycles. The average molecular weight is 447 g/mol. The zero-order valence-electron chi connectivity index (χ0n) is 22.4. The van der Waals surface area contributed by atoms with E-state index in [9.17, 15) is 0 Å². The van der Waals surface area contributed by atoms with Gasteiger partial charge in [-0.25, -0.2) is 0 Å². The Balaban J connectivity index is 4.17. The summed E-state index contributed by atoms with van der Waals surface area (Å²) in [6.45, 7) is 20.1. The van der Waals surface area contributed by atoms with E-state index >= 15 is 0 Å². The van der Waals surface area contributed by atoms with E-state index in [1.165, 1.54) is 45.2 Å². The van der Waals surface area contributed by atoms with E-state index in [-0.39, 0.29) is 5.41 Å². The van der Waals surface area contributed by atoms with Crippen molar-refractivity contribution < 1.29 is 23.4 Å². The van der Waals surface area contributed by atoms with Crippen LogP contribution in [0.5, 0.6) is 0 Å². The van der Waals surface area contributed by atoms with Crippen molar-refractivity contribution >= 4 is 0 Å². The van der Waals surface area contributed by atoms with Crippen molar-refractivity contribution in [1.29, 1.82) is 0 Å². The van der Waals surface area contributed by atoms with Gasteiger partial charge in [-0.1, -0.05) is 33.6 Å². The maximum Gasteiger partial charge on any atom is 0.112 e. The molecule has 0 spiro atoms. The minimum atomic E-state index is -0.399. The normalized spacial score (nSPS) is 16.3. The van der Waals surface area contributed by atoms with Gasteiger partial charge >= 0.3 is 0 Å². The van der Waals surface area contributed by atoms with E-state index in [0.29, 0.717) is 26.4 Å². The molecule has 0 aromatic rings. The topological polar surface area (TPSA) is 36.9 Å². The molecule has 0 aliphatic heterocycles. The summed E-state index contributed by atoms with van der Waals surface area (Å²) in [6, 6.07) is 0. The van der Waals surface area contributed by atoms with Crippen molar-refractivity contribution in [2.45, 2.75) is 92.1 Å². The Kier molecular flexibility index (Phi) is 17.2. The molecule has 0 amide bonds. The van der Waals surface area contributed by atoms with Crippen molar-refractivity contribution in [3.05, 3.63) is 0 Å². The van der Waals surface area contributed by atoms with Gasteiger partial charge in [0.1, 0.15) is 5.60 Å². The summed E-state index contributed by atoms with van der Waals surface area (Å²) in [5.41, 5.74) is -0.352. The Labute approximate surface area is 194 Å². The number of nitrogens with zero attached hydrogens (tertiary/aromatic N) is 1. The van der Waals surface area contributed by atoms with Gasteiger partial charge in [0.15, 0.2) is 0 Å². The number of quaternary nitrogens is 1. The second-order valence-electron chi connectivity index (χ2n) is 10.4. The Morgan fingerprint density at radius 3 is 1.84 bits per heavy atom. The molecular weight excluding hydrogens is 390 g/mol. The standard InChI is InChI=1S/C26H56NO4/c1-9-13-14-15-18-27(7,8)19-16-17-20-29-23-26(6,31-12-4)24-30-22-25(5,10-2)21-28-11-3/h9-24H2,1-8H3/q+1. The smallest absolute Gasteiger partial charge is 0.112 e. The predicted molar refractivity (Wildman–Crippen MR) is 132 cm³/mol. The second-order valence-corrected chi connectivity index (χ2v) is 10.4. The lowest BCUT2D eigenvalue weighted by molar-refractivity contribution is -0.890. The number of rotatable bonds is 22. The Hall–Kier alpha value is -0.200. The molecular formula is C26H56NO4+. The Morgan fingerprint density at radius 1 is 0.645 bits per heavy atom. The predicted octanol–water partition coefficient (Wildman–Crippen LogP) is 5.70. The Bertz CT molecular complexity index is 418. The molecule has 0 radical (unpaired) electrons. The molecule has 0 bridgehead atoms. The average Bonchev–Trinajstić information content (AvgIpc) is 2.72. The summed E-state index contributed by atoms with van der Waals surface area (Å²) in [5, 5.41) is 0. The summed E-state index contributed by atoms with van der Waals surface area (Å²) >= 11 is 0. The highest BCUT2D eigenvalue weighted by Gasteiger charge is 2.29. The maximum absolute atomic E-state index is 6.09. The first-order valence-electron chi connectivity index (χ1n) is 12.8. The molecule has 2 unspecified atom stereocenters. The fourth-order valence-corrected chi connectivity index (χ4v) is 3.69. The molecule has 0 saturated carbocycles. The second kappa shape index (κ2) is 17.3. The number of unbranched alkanes of at least 4 members (excludes halogenated alkanes) is 4. The lowest BCUT2D eigenvalue weighted by Gasteiger charge is -2.33. The molecule has 31 heavy (non-hydrogen) atoms. The van der Waals surface area contributed by atoms with Gasteiger partial charge in [-0.2, -0.15) is 0 Å². The van der Waals surface area contributed by atoms with Crippen LogP contribution < -0.4 is 0 Å². The van der Waals surface area contributed by atoms with Gasteiger partial charge in [0.2, 0.25) is 0 Å². The van der Waals surface area contributed by atoms with E-state index in [4.69, 9.17) is 18.9 Å². The highest BCUT2D eigenvalue weighted by molar-refractivity contribution is 4.77. The monoisotopic (exact) mass is 446 g/mol. The third kappa shape index (κ3) is 16.1. The zero-order valence-corrected chi connectivity index (χ0v) is 22.4. The Morgan fingerprint density at radius 2 is 1.26 bits per heavy atom. The van der Waals surface area contributed by atoms with Crippen LogP contribution in [0.4, 0.5) is 0 Å². The molecule has 0 aliphatic rings. The van der Waals surface area contributed by atoms with E-state index in [2.05, 4.69) is 41.8 Å². The van der Waals surface area contributed by atoms with Crippen LogP contribution in [-0.2, 0) is 18.9 Å². The van der Waals surface area contributed by atoms with Gasteiger partial charge in [-0.3, -0.25) is 0 Å². The molecule has 0 heterocycles. The van der Waals surface area contributed by atoms with Crippen molar-refractivity contribution in [2.24, 2.45) is 5.41 Å². The number of hydrogen-bond donors (Lipinski definition) is 0. The molecule has 0 aromatic carbocycles. The SMILES string of the molecule is CCCCCC[N+](C)(C)CCCCOCC(C)(COCC(C)(CC)COCC)OCC. The van der Waals surface area contributed by atoms with Crippen molar-refractivity contribution in [3.63, 3.8) is 0 Å². The largest absolute Gasteiger partial charge is 0.381 e. The summed E-state index contributed by atoms with van der Waals surface area (Å²) in [4.78, 5) is 0. The van der Waals surface area contributed by atoms with Crippen molar-refractivity contribution in [3.8, 4) is 0 Å². The lowest BCUT2D eigenvalue weighted by Crippen LogP contribution is -2.42. The van der Waals surface area contributed by atoms with E-state index < -0.39 is 5.60 Å². The van der Waals surface area contributed by atoms with Crippen LogP contribution in [0, 0.1) is 5.41 Å². The van der Waals surface area contributed by atoms with Gasteiger partial charge in [0.05, 0.1) is 53.6 Å². The molecule has 0 aliphatic carbocycles. The first-order valence-corrected chi connectivity index (χ1v) is 12.8. The van der Waals surface area contributed by atoms with E-state index in [1.54, 1.807) is 0 Å². The van der Waals surface area contributed by atoms with Crippen LogP contribution in [0.3, 0.4) is 0 Å². The summed E-state index contributed by atoms with van der Waals surface area (Å²) in [6.07, 6.45) is 8.70. The minimum absolute atomic E-state index is 0.0472. The molecule has 0 saturated heterocycles. The molecule has 2 atom stereocenters. The van der Waals surface area contributed by atoms with Crippen LogP contribution >= 0.6 is 0 Å². The fourth-order valence-electron chi connectivity index (χ4n) is 3.69. The van der Waals surface area contributed by atoms with Gasteiger partial charge in [0, 0.05) is 25.2 Å². The van der Waals surface area contributed by atoms with Crippen LogP contribution in [0.15, 0.2) is 0 Å². The summed E-state index contributed by atoms with van der Waals surface area (Å²) < 4.78 is 24.9. The molecule has 0 rings (SSSR count). The number of ether oxygens (including phenoxy) is 4. The highest BCUT2D eigenvalue weighted by Crippen LogP contribution is 2.23. The van der Waals surface area contributed by atoms with Crippen LogP contribution in [0.2, 0.25) is 0 Å². The van der Waals surface area contributed by atoms with Crippen molar-refractivity contribution in [2.75, 3.05) is 73.4 Å². The molecule has 0 fully saturated rings. The lowest BCUT2D eigenvalue weighted by atomic mass is 9.90. The van der Waals surface area contributed by atoms with Gasteiger partial charge in [-0.15, -0.1) is 0 Å². The first kappa shape index (κ1) is 30.8. The number of hydrogen-bond acceptors (Lipinski definition) is 4. The van der Waals surface area contributed by atoms with E-state index in [1.807, 2.05) is 13.8 Å². The van der Waals surface area contributed by atoms with Gasteiger partial charge < -0.3 is 23.4 Å². The quantitative estimate of drug-likeness (QED) is 0.158. The fraction of sp³-hybridized carbons (Fsp3) is 1.00. The maximum atomic E-state index is 6.09. The summed E-state index contributed by atoms with van der Waals surface area (Å²) in [7, 11) is 4.71. The van der Waals surface area contributed by atoms with Crippen LogP contribution in [0.25, 0.3) is 0 Å². The summed E-state index contributed by atoms with van der Waals surface area (Å²) in [5.74, 6) is 0. The van der Waals surface area contributed by atoms with Crippen LogP contribution in [-0.4, -0.2) is 83.5 Å². The zero-order chi connectivity index (χ0) is 23.6. The van der Waals surface area contributed by atoms with Crippen LogP contribution in [0.1, 0.15) is 86.5 Å². The minimum Gasteiger partial charge on any atom is -0.381 e. The van der Waals surface area contributed by atoms with Gasteiger partial charge in [-0.05, 0) is 52.9 Å². The first-order chi connectivity index (χ1) is 14.7. The molecule has 5 heteroatoms. The third-order valence-electron chi connectivity index (χ3n) is 6.19.